The SMILES string of the molecule is CC(C)(C)OC(=O)n1c(N)nc2cc(C(=O)N[C@@H](Cc3ccc(Cl)cc3)C(=O)O)ccc21.Cl. The summed E-state index contributed by atoms with van der Waals surface area (Å²) in [5.74, 6) is -1.86. The quantitative estimate of drug-likeness (QED) is 0.488. The number of aromatic nitrogens is 2. The molecule has 1 atom stereocenters. The summed E-state index contributed by atoms with van der Waals surface area (Å²) >= 11 is 5.86. The van der Waals surface area contributed by atoms with Gasteiger partial charge in [-0.1, -0.05) is 23.7 Å². The molecule has 33 heavy (non-hydrogen) atoms. The van der Waals surface area contributed by atoms with Crippen molar-refractivity contribution in [3.8, 4) is 0 Å². The van der Waals surface area contributed by atoms with Gasteiger partial charge in [0, 0.05) is 17.0 Å². The molecule has 0 bridgehead atoms. The summed E-state index contributed by atoms with van der Waals surface area (Å²) in [6.45, 7) is 5.18. The molecule has 0 aliphatic carbocycles. The zero-order valence-electron chi connectivity index (χ0n) is 18.2. The lowest BCUT2D eigenvalue weighted by molar-refractivity contribution is -0.139. The Morgan fingerprint density at radius 1 is 1.18 bits per heavy atom. The largest absolute Gasteiger partial charge is 0.480 e. The third-order valence-corrected chi connectivity index (χ3v) is 4.73. The topological polar surface area (TPSA) is 137 Å². The summed E-state index contributed by atoms with van der Waals surface area (Å²) in [5.41, 5.74) is 6.70. The summed E-state index contributed by atoms with van der Waals surface area (Å²) < 4.78 is 6.46. The fourth-order valence-electron chi connectivity index (χ4n) is 3.04. The lowest BCUT2D eigenvalue weighted by Gasteiger charge is -2.20. The van der Waals surface area contributed by atoms with Gasteiger partial charge >= 0.3 is 12.1 Å². The van der Waals surface area contributed by atoms with Gasteiger partial charge in [0.15, 0.2) is 0 Å². The predicted octanol–water partition coefficient (Wildman–Crippen LogP) is 3.90. The highest BCUT2D eigenvalue weighted by Crippen LogP contribution is 2.22. The third kappa shape index (κ3) is 6.36. The van der Waals surface area contributed by atoms with Gasteiger partial charge in [0.25, 0.3) is 5.91 Å². The number of benzene rings is 2. The molecule has 0 unspecified atom stereocenters. The van der Waals surface area contributed by atoms with Crippen LogP contribution in [0.25, 0.3) is 11.0 Å². The van der Waals surface area contributed by atoms with Crippen LogP contribution in [0.4, 0.5) is 10.7 Å². The van der Waals surface area contributed by atoms with Crippen LogP contribution in [0.1, 0.15) is 36.7 Å². The average Bonchev–Trinajstić information content (AvgIpc) is 3.02. The number of fused-ring (bicyclic) bond motifs is 1. The van der Waals surface area contributed by atoms with Crippen LogP contribution in [0.15, 0.2) is 42.5 Å². The van der Waals surface area contributed by atoms with Crippen LogP contribution in [-0.2, 0) is 16.0 Å². The summed E-state index contributed by atoms with van der Waals surface area (Å²) in [6.07, 6.45) is -0.607. The van der Waals surface area contributed by atoms with Crippen LogP contribution in [-0.4, -0.2) is 44.3 Å². The average molecular weight is 495 g/mol. The first kappa shape index (κ1) is 26.0. The number of carbonyl (C=O) groups is 3. The number of nitrogen functional groups attached to an aromatic ring is 1. The Bertz CT molecular complexity index is 1190. The Morgan fingerprint density at radius 3 is 2.39 bits per heavy atom. The fourth-order valence-corrected chi connectivity index (χ4v) is 3.16. The second-order valence-corrected chi connectivity index (χ2v) is 8.62. The maximum absolute atomic E-state index is 12.7. The number of nitrogens with two attached hydrogens (primary N) is 1. The van der Waals surface area contributed by atoms with Crippen LogP contribution in [0, 0.1) is 0 Å². The number of aliphatic carboxylic acids is 1. The maximum Gasteiger partial charge on any atom is 0.421 e. The predicted molar refractivity (Wildman–Crippen MR) is 127 cm³/mol. The van der Waals surface area contributed by atoms with Gasteiger partial charge in [-0.05, 0) is 56.7 Å². The van der Waals surface area contributed by atoms with Crippen LogP contribution < -0.4 is 11.1 Å². The van der Waals surface area contributed by atoms with Crippen molar-refractivity contribution < 1.29 is 24.2 Å². The minimum atomic E-state index is -1.17. The van der Waals surface area contributed by atoms with Crippen molar-refractivity contribution in [3.05, 3.63) is 58.6 Å². The molecule has 0 aliphatic rings. The zero-order valence-corrected chi connectivity index (χ0v) is 19.7. The highest BCUT2D eigenvalue weighted by atomic mass is 35.5. The van der Waals surface area contributed by atoms with Crippen LogP contribution in [0.3, 0.4) is 0 Å². The van der Waals surface area contributed by atoms with Crippen molar-refractivity contribution in [3.63, 3.8) is 0 Å². The molecule has 11 heteroatoms. The first-order valence-electron chi connectivity index (χ1n) is 9.74. The van der Waals surface area contributed by atoms with Crippen molar-refractivity contribution in [1.29, 1.82) is 0 Å². The Hall–Kier alpha value is -3.30. The number of hydrogen-bond donors (Lipinski definition) is 3. The van der Waals surface area contributed by atoms with Crippen molar-refractivity contribution >= 4 is 59.0 Å². The van der Waals surface area contributed by atoms with E-state index in [0.29, 0.717) is 21.6 Å². The first-order chi connectivity index (χ1) is 14.9. The van der Waals surface area contributed by atoms with Gasteiger partial charge in [-0.25, -0.2) is 19.1 Å². The normalized spacial score (nSPS) is 12.0. The molecular formula is C22H24Cl2N4O5. The number of imidazole rings is 1. The van der Waals surface area contributed by atoms with Gasteiger partial charge in [-0.15, -0.1) is 12.4 Å². The number of ether oxygens (including phenoxy) is 1. The van der Waals surface area contributed by atoms with E-state index in [-0.39, 0.29) is 30.3 Å². The lowest BCUT2D eigenvalue weighted by atomic mass is 10.1. The Kier molecular flexibility index (Phi) is 7.94. The Morgan fingerprint density at radius 2 is 1.82 bits per heavy atom. The minimum absolute atomic E-state index is 0. The first-order valence-corrected chi connectivity index (χ1v) is 10.1. The number of amides is 1. The lowest BCUT2D eigenvalue weighted by Crippen LogP contribution is -2.42. The molecule has 0 fully saturated rings. The number of nitrogens with zero attached hydrogens (tertiary/aromatic N) is 2. The number of rotatable bonds is 5. The molecule has 0 radical (unpaired) electrons. The van der Waals surface area contributed by atoms with Gasteiger partial charge in [-0.2, -0.15) is 0 Å². The van der Waals surface area contributed by atoms with E-state index in [2.05, 4.69) is 10.3 Å². The minimum Gasteiger partial charge on any atom is -0.480 e. The second kappa shape index (κ2) is 10.1. The zero-order chi connectivity index (χ0) is 23.6. The molecule has 0 saturated carbocycles. The van der Waals surface area contributed by atoms with E-state index in [1.54, 1.807) is 45.0 Å². The third-order valence-electron chi connectivity index (χ3n) is 4.48. The molecule has 3 aromatic rings. The molecule has 1 amide bonds. The molecule has 3 rings (SSSR count). The van der Waals surface area contributed by atoms with Crippen molar-refractivity contribution in [1.82, 2.24) is 14.9 Å². The molecule has 2 aromatic carbocycles. The van der Waals surface area contributed by atoms with E-state index in [0.717, 1.165) is 4.57 Å². The maximum atomic E-state index is 12.7. The molecule has 0 aliphatic heterocycles. The number of carboxylic acids is 1. The van der Waals surface area contributed by atoms with Crippen molar-refractivity contribution in [2.45, 2.75) is 38.8 Å². The summed E-state index contributed by atoms with van der Waals surface area (Å²) in [7, 11) is 0. The smallest absolute Gasteiger partial charge is 0.421 e. The van der Waals surface area contributed by atoms with Gasteiger partial charge in [0.2, 0.25) is 5.95 Å². The van der Waals surface area contributed by atoms with Gasteiger partial charge in [0.1, 0.15) is 11.6 Å². The van der Waals surface area contributed by atoms with E-state index in [9.17, 15) is 19.5 Å². The molecule has 1 heterocycles. The summed E-state index contributed by atoms with van der Waals surface area (Å²) in [4.78, 5) is 41.0. The highest BCUT2D eigenvalue weighted by Gasteiger charge is 2.24. The van der Waals surface area contributed by atoms with Crippen LogP contribution in [0.2, 0.25) is 5.02 Å². The number of halogens is 2. The Balaban J connectivity index is 0.00000385. The summed E-state index contributed by atoms with van der Waals surface area (Å²) in [6, 6.07) is 9.94. The molecule has 176 valence electrons. The number of anilines is 1. The summed E-state index contributed by atoms with van der Waals surface area (Å²) in [5, 5.41) is 12.6. The molecule has 0 saturated heterocycles. The van der Waals surface area contributed by atoms with Crippen LogP contribution >= 0.6 is 24.0 Å². The Labute approximate surface area is 201 Å². The van der Waals surface area contributed by atoms with Gasteiger partial charge < -0.3 is 20.9 Å². The standard InChI is InChI=1S/C22H23ClN4O5.ClH/c1-22(2,3)32-21(31)27-17-9-6-13(11-15(17)26-20(27)24)18(28)25-16(19(29)30)10-12-4-7-14(23)8-5-12;/h4-9,11,16H,10H2,1-3H3,(H2,24,26)(H,25,28)(H,29,30);1H/t16-;/m0./s1. The molecule has 1 aromatic heterocycles. The van der Waals surface area contributed by atoms with Gasteiger partial charge in [-0.3, -0.25) is 4.79 Å². The number of carbonyl (C=O) groups excluding carboxylic acids is 2. The molecule has 9 nitrogen and oxygen atoms in total. The van der Waals surface area contributed by atoms with Crippen molar-refractivity contribution in [2.24, 2.45) is 0 Å². The fraction of sp³-hybridized carbons (Fsp3) is 0.273. The number of nitrogens with one attached hydrogen (secondary N) is 1. The van der Waals surface area contributed by atoms with E-state index >= 15 is 0 Å². The van der Waals surface area contributed by atoms with Gasteiger partial charge in [0.05, 0.1) is 11.0 Å². The second-order valence-electron chi connectivity index (χ2n) is 8.18. The van der Waals surface area contributed by atoms with E-state index in [1.807, 2.05) is 0 Å². The molecule has 0 spiro atoms. The molecular weight excluding hydrogens is 471 g/mol. The number of carboxylic acid groups (broad SMARTS) is 1. The highest BCUT2D eigenvalue weighted by molar-refractivity contribution is 6.30. The van der Waals surface area contributed by atoms with E-state index in [1.165, 1.54) is 18.2 Å². The number of hydrogen-bond acceptors (Lipinski definition) is 6. The van der Waals surface area contributed by atoms with Crippen LogP contribution in [0.5, 0.6) is 0 Å². The monoisotopic (exact) mass is 494 g/mol. The van der Waals surface area contributed by atoms with Crippen molar-refractivity contribution in [2.75, 3.05) is 5.73 Å². The van der Waals surface area contributed by atoms with E-state index in [4.69, 9.17) is 22.1 Å². The molecule has 4 N–H and O–H groups in total. The van der Waals surface area contributed by atoms with E-state index < -0.39 is 29.6 Å².